The summed E-state index contributed by atoms with van der Waals surface area (Å²) in [4.78, 5) is 0. The lowest BCUT2D eigenvalue weighted by Gasteiger charge is -2.10. The topological polar surface area (TPSA) is 40.7 Å². The highest BCUT2D eigenvalue weighted by molar-refractivity contribution is 6.30. The van der Waals surface area contributed by atoms with Crippen LogP contribution in [-0.2, 0) is 0 Å². The van der Waals surface area contributed by atoms with Crippen molar-refractivity contribution in [3.63, 3.8) is 0 Å². The normalized spacial score (nSPS) is 19.7. The lowest BCUT2D eigenvalue weighted by Crippen LogP contribution is -2.14. The van der Waals surface area contributed by atoms with Crippen LogP contribution >= 0.6 is 11.6 Å². The molecule has 1 aliphatic rings. The van der Waals surface area contributed by atoms with E-state index >= 15 is 0 Å². The first-order valence-corrected chi connectivity index (χ1v) is 6.25. The molecule has 17 heavy (non-hydrogen) atoms. The fourth-order valence-electron chi connectivity index (χ4n) is 2.35. The van der Waals surface area contributed by atoms with Crippen molar-refractivity contribution in [2.24, 2.45) is 0 Å². The maximum atomic E-state index is 5.90. The molecule has 2 heterocycles. The first kappa shape index (κ1) is 10.8. The third-order valence-corrected chi connectivity index (χ3v) is 3.48. The molecule has 1 unspecified atom stereocenters. The molecule has 0 spiro atoms. The summed E-state index contributed by atoms with van der Waals surface area (Å²) in [6, 6.07) is 8.30. The summed E-state index contributed by atoms with van der Waals surface area (Å²) in [6.07, 6.45) is 4.28. The molecule has 3 nitrogen and oxygen atoms in total. The molecule has 2 N–H and O–H groups in total. The summed E-state index contributed by atoms with van der Waals surface area (Å²) in [6.45, 7) is 1.09. The molecule has 1 aliphatic heterocycles. The van der Waals surface area contributed by atoms with Crippen LogP contribution in [0.25, 0.3) is 11.1 Å². The van der Waals surface area contributed by atoms with Crippen molar-refractivity contribution < 1.29 is 0 Å². The van der Waals surface area contributed by atoms with Gasteiger partial charge in [0.1, 0.15) is 0 Å². The van der Waals surface area contributed by atoms with E-state index in [0.29, 0.717) is 6.04 Å². The largest absolute Gasteiger partial charge is 0.309 e. The number of rotatable bonds is 2. The Hall–Kier alpha value is -1.32. The molecule has 4 heteroatoms. The first-order chi connectivity index (χ1) is 8.34. The smallest absolute Gasteiger partial charge is 0.0599 e. The molecule has 1 fully saturated rings. The van der Waals surface area contributed by atoms with Crippen LogP contribution < -0.4 is 5.32 Å². The van der Waals surface area contributed by atoms with Gasteiger partial charge in [-0.2, -0.15) is 5.10 Å². The molecule has 0 amide bonds. The van der Waals surface area contributed by atoms with E-state index in [-0.39, 0.29) is 0 Å². The molecule has 1 atom stereocenters. The van der Waals surface area contributed by atoms with Gasteiger partial charge in [0.2, 0.25) is 0 Å². The molecule has 0 radical (unpaired) electrons. The number of nitrogens with one attached hydrogen (secondary N) is 2. The van der Waals surface area contributed by atoms with Gasteiger partial charge in [-0.15, -0.1) is 0 Å². The Morgan fingerprint density at radius 1 is 1.24 bits per heavy atom. The summed E-state index contributed by atoms with van der Waals surface area (Å²) in [5.74, 6) is 0. The maximum absolute atomic E-state index is 5.90. The Balaban J connectivity index is 1.97. The van der Waals surface area contributed by atoms with Crippen LogP contribution in [0.1, 0.15) is 24.6 Å². The Labute approximate surface area is 105 Å². The summed E-state index contributed by atoms with van der Waals surface area (Å²) in [5, 5.41) is 11.5. The Morgan fingerprint density at radius 2 is 2.06 bits per heavy atom. The van der Waals surface area contributed by atoms with Crippen LogP contribution in [0.5, 0.6) is 0 Å². The van der Waals surface area contributed by atoms with Gasteiger partial charge in [0.05, 0.1) is 11.9 Å². The minimum atomic E-state index is 0.406. The molecule has 0 aliphatic carbocycles. The van der Waals surface area contributed by atoms with Crippen molar-refractivity contribution in [2.75, 3.05) is 6.54 Å². The van der Waals surface area contributed by atoms with E-state index in [2.05, 4.69) is 15.5 Å². The molecule has 88 valence electrons. The number of aromatic nitrogens is 2. The van der Waals surface area contributed by atoms with Crippen LogP contribution in [-0.4, -0.2) is 16.7 Å². The van der Waals surface area contributed by atoms with Crippen LogP contribution in [0.3, 0.4) is 0 Å². The quantitative estimate of drug-likeness (QED) is 0.856. The van der Waals surface area contributed by atoms with Crippen molar-refractivity contribution in [2.45, 2.75) is 18.9 Å². The van der Waals surface area contributed by atoms with Gasteiger partial charge in [-0.3, -0.25) is 5.10 Å². The van der Waals surface area contributed by atoms with Crippen LogP contribution in [0.2, 0.25) is 5.02 Å². The van der Waals surface area contributed by atoms with Gasteiger partial charge in [-0.25, -0.2) is 0 Å². The number of H-pyrrole nitrogens is 1. The zero-order valence-electron chi connectivity index (χ0n) is 9.41. The highest BCUT2D eigenvalue weighted by atomic mass is 35.5. The molecule has 1 aromatic heterocycles. The average Bonchev–Trinajstić information content (AvgIpc) is 3.00. The third-order valence-electron chi connectivity index (χ3n) is 3.23. The van der Waals surface area contributed by atoms with E-state index in [9.17, 15) is 0 Å². The zero-order valence-corrected chi connectivity index (χ0v) is 10.2. The standard InChI is InChI=1S/C13H14ClN3/c14-10-5-3-9(4-6-10)11-8-16-17-13(11)12-2-1-7-15-12/h3-6,8,12,15H,1-2,7H2,(H,16,17). The summed E-state index contributed by atoms with van der Waals surface area (Å²) in [7, 11) is 0. The highest BCUT2D eigenvalue weighted by Crippen LogP contribution is 2.31. The molecule has 0 bridgehead atoms. The van der Waals surface area contributed by atoms with Crippen LogP contribution in [0.4, 0.5) is 0 Å². The first-order valence-electron chi connectivity index (χ1n) is 5.87. The van der Waals surface area contributed by atoms with Crippen molar-refractivity contribution in [1.29, 1.82) is 0 Å². The monoisotopic (exact) mass is 247 g/mol. The van der Waals surface area contributed by atoms with E-state index in [1.54, 1.807) is 0 Å². The number of hydrogen-bond acceptors (Lipinski definition) is 2. The predicted octanol–water partition coefficient (Wildman–Crippen LogP) is 3.15. The zero-order chi connectivity index (χ0) is 11.7. The van der Waals surface area contributed by atoms with Gasteiger partial charge in [-0.1, -0.05) is 23.7 Å². The maximum Gasteiger partial charge on any atom is 0.0599 e. The Bertz CT molecular complexity index is 498. The summed E-state index contributed by atoms with van der Waals surface area (Å²) < 4.78 is 0. The van der Waals surface area contributed by atoms with E-state index in [0.717, 1.165) is 17.1 Å². The van der Waals surface area contributed by atoms with Gasteiger partial charge in [-0.05, 0) is 37.1 Å². The number of aromatic amines is 1. The van der Waals surface area contributed by atoms with Crippen LogP contribution in [0.15, 0.2) is 30.5 Å². The van der Waals surface area contributed by atoms with Crippen LogP contribution in [0, 0.1) is 0 Å². The van der Waals surface area contributed by atoms with Crippen molar-refractivity contribution in [1.82, 2.24) is 15.5 Å². The van der Waals surface area contributed by atoms with E-state index < -0.39 is 0 Å². The molecule has 3 rings (SSSR count). The minimum absolute atomic E-state index is 0.406. The summed E-state index contributed by atoms with van der Waals surface area (Å²) >= 11 is 5.90. The molecular weight excluding hydrogens is 234 g/mol. The van der Waals surface area contributed by atoms with Crippen molar-refractivity contribution in [3.8, 4) is 11.1 Å². The Kier molecular flexibility index (Phi) is 2.87. The third kappa shape index (κ3) is 2.08. The fraction of sp³-hybridized carbons (Fsp3) is 0.308. The highest BCUT2D eigenvalue weighted by Gasteiger charge is 2.21. The van der Waals surface area contributed by atoms with Crippen molar-refractivity contribution >= 4 is 11.6 Å². The summed E-state index contributed by atoms with van der Waals surface area (Å²) in [5.41, 5.74) is 3.51. The molecule has 1 aromatic carbocycles. The number of nitrogens with zero attached hydrogens (tertiary/aromatic N) is 1. The minimum Gasteiger partial charge on any atom is -0.309 e. The van der Waals surface area contributed by atoms with E-state index in [4.69, 9.17) is 11.6 Å². The fourth-order valence-corrected chi connectivity index (χ4v) is 2.48. The van der Waals surface area contributed by atoms with Crippen molar-refractivity contribution in [3.05, 3.63) is 41.2 Å². The Morgan fingerprint density at radius 3 is 2.76 bits per heavy atom. The molecule has 1 saturated heterocycles. The number of benzene rings is 1. The second-order valence-corrected chi connectivity index (χ2v) is 4.79. The average molecular weight is 248 g/mol. The van der Waals surface area contributed by atoms with Gasteiger partial charge in [0.15, 0.2) is 0 Å². The van der Waals surface area contributed by atoms with Gasteiger partial charge in [0.25, 0.3) is 0 Å². The lowest BCUT2D eigenvalue weighted by molar-refractivity contribution is 0.626. The number of hydrogen-bond donors (Lipinski definition) is 2. The molecule has 2 aromatic rings. The van der Waals surface area contributed by atoms with E-state index in [1.165, 1.54) is 24.1 Å². The van der Waals surface area contributed by atoms with Gasteiger partial charge in [0, 0.05) is 16.6 Å². The molecule has 0 saturated carbocycles. The van der Waals surface area contributed by atoms with Gasteiger partial charge < -0.3 is 5.32 Å². The SMILES string of the molecule is Clc1ccc(-c2cn[nH]c2C2CCCN2)cc1. The second-order valence-electron chi connectivity index (χ2n) is 4.35. The second kappa shape index (κ2) is 4.51. The van der Waals surface area contributed by atoms with E-state index in [1.807, 2.05) is 30.5 Å². The number of halogens is 1. The molecular formula is C13H14ClN3. The lowest BCUT2D eigenvalue weighted by atomic mass is 10.0. The van der Waals surface area contributed by atoms with Gasteiger partial charge >= 0.3 is 0 Å². The predicted molar refractivity (Wildman–Crippen MR) is 69.0 cm³/mol.